The number of benzene rings is 1. The first-order valence-corrected chi connectivity index (χ1v) is 11.8. The Hall–Kier alpha value is -2.86. The lowest BCUT2D eigenvalue weighted by Crippen LogP contribution is -2.45. The first kappa shape index (κ1) is 24.8. The number of carbonyl (C=O) groups is 1. The standard InChI is InChI=1S/C27H36N2O4/c1-5-6-7-14-29-18-22-16-23(12-11-21(22)17-25(29)27(30)31)32-15-13-24-20(4)33-26(28-24)10-8-9-19(2)3/h5,8,10-12,16,19,25H,1,6-7,9,13-15,17-18H2,2-4H3,(H,30,31)/b10-8+/t25-/m0/s1. The van der Waals surface area contributed by atoms with Gasteiger partial charge in [0.15, 0.2) is 0 Å². The summed E-state index contributed by atoms with van der Waals surface area (Å²) in [7, 11) is 0. The molecule has 33 heavy (non-hydrogen) atoms. The van der Waals surface area contributed by atoms with Crippen molar-refractivity contribution in [2.24, 2.45) is 5.92 Å². The number of aryl methyl sites for hydroxylation is 1. The average molecular weight is 453 g/mol. The van der Waals surface area contributed by atoms with Gasteiger partial charge in [0, 0.05) is 13.0 Å². The highest BCUT2D eigenvalue weighted by Crippen LogP contribution is 2.28. The summed E-state index contributed by atoms with van der Waals surface area (Å²) >= 11 is 0. The van der Waals surface area contributed by atoms with E-state index in [1.54, 1.807) is 0 Å². The Morgan fingerprint density at radius 1 is 1.39 bits per heavy atom. The summed E-state index contributed by atoms with van der Waals surface area (Å²) in [6, 6.07) is 5.50. The summed E-state index contributed by atoms with van der Waals surface area (Å²) in [5.74, 6) is 2.10. The summed E-state index contributed by atoms with van der Waals surface area (Å²) < 4.78 is 11.8. The van der Waals surface area contributed by atoms with Crippen molar-refractivity contribution >= 4 is 12.0 Å². The molecule has 0 fully saturated rings. The molecule has 0 bridgehead atoms. The number of hydrogen-bond donors (Lipinski definition) is 1. The normalized spacial score (nSPS) is 16.3. The zero-order chi connectivity index (χ0) is 23.8. The Morgan fingerprint density at radius 2 is 2.21 bits per heavy atom. The Morgan fingerprint density at radius 3 is 2.94 bits per heavy atom. The van der Waals surface area contributed by atoms with E-state index >= 15 is 0 Å². The Kier molecular flexibility index (Phi) is 8.89. The Balaban J connectivity index is 1.59. The smallest absolute Gasteiger partial charge is 0.321 e. The van der Waals surface area contributed by atoms with Gasteiger partial charge >= 0.3 is 5.97 Å². The zero-order valence-corrected chi connectivity index (χ0v) is 20.0. The number of carboxylic acids is 1. The molecule has 1 aromatic carbocycles. The quantitative estimate of drug-likeness (QED) is 0.341. The first-order valence-electron chi connectivity index (χ1n) is 11.8. The number of oxazole rings is 1. The van der Waals surface area contributed by atoms with Gasteiger partial charge < -0.3 is 14.3 Å². The van der Waals surface area contributed by atoms with Crippen molar-refractivity contribution in [3.8, 4) is 5.75 Å². The highest BCUT2D eigenvalue weighted by atomic mass is 16.5. The van der Waals surface area contributed by atoms with Crippen molar-refractivity contribution in [1.29, 1.82) is 0 Å². The molecule has 6 nitrogen and oxygen atoms in total. The van der Waals surface area contributed by atoms with Crippen molar-refractivity contribution in [3.05, 3.63) is 65.4 Å². The van der Waals surface area contributed by atoms with E-state index in [0.29, 0.717) is 37.8 Å². The molecule has 2 heterocycles. The third-order valence-electron chi connectivity index (χ3n) is 5.93. The minimum atomic E-state index is -0.763. The molecule has 1 atom stereocenters. The lowest BCUT2D eigenvalue weighted by Gasteiger charge is -2.34. The molecule has 0 unspecified atom stereocenters. The van der Waals surface area contributed by atoms with Gasteiger partial charge in [-0.3, -0.25) is 9.69 Å². The summed E-state index contributed by atoms with van der Waals surface area (Å²) in [4.78, 5) is 18.4. The zero-order valence-electron chi connectivity index (χ0n) is 20.0. The van der Waals surface area contributed by atoms with Crippen LogP contribution in [0.25, 0.3) is 6.08 Å². The van der Waals surface area contributed by atoms with Gasteiger partial charge in [0.2, 0.25) is 5.89 Å². The lowest BCUT2D eigenvalue weighted by molar-refractivity contribution is -0.144. The summed E-state index contributed by atoms with van der Waals surface area (Å²) in [6.07, 6.45) is 9.88. The number of aliphatic carboxylic acids is 1. The van der Waals surface area contributed by atoms with Crippen molar-refractivity contribution in [1.82, 2.24) is 9.88 Å². The van der Waals surface area contributed by atoms with Crippen LogP contribution in [0.3, 0.4) is 0 Å². The molecule has 178 valence electrons. The van der Waals surface area contributed by atoms with Crippen LogP contribution in [0, 0.1) is 12.8 Å². The molecule has 0 aliphatic carbocycles. The average Bonchev–Trinajstić information content (AvgIpc) is 3.12. The number of allylic oxidation sites excluding steroid dienone is 2. The number of unbranched alkanes of at least 4 members (excludes halogenated alkanes) is 1. The number of nitrogens with zero attached hydrogens (tertiary/aromatic N) is 2. The van der Waals surface area contributed by atoms with Crippen LogP contribution in [-0.2, 0) is 24.2 Å². The first-order chi connectivity index (χ1) is 15.9. The molecule has 2 aromatic rings. The van der Waals surface area contributed by atoms with Gasteiger partial charge in [-0.15, -0.1) is 6.58 Å². The van der Waals surface area contributed by atoms with Crippen molar-refractivity contribution in [2.45, 2.75) is 65.5 Å². The van der Waals surface area contributed by atoms with Crippen LogP contribution < -0.4 is 4.74 Å². The second kappa shape index (κ2) is 11.8. The van der Waals surface area contributed by atoms with Crippen LogP contribution >= 0.6 is 0 Å². The molecular weight excluding hydrogens is 416 g/mol. The van der Waals surface area contributed by atoms with Gasteiger partial charge in [0.25, 0.3) is 0 Å². The topological polar surface area (TPSA) is 75.8 Å². The van der Waals surface area contributed by atoms with E-state index < -0.39 is 12.0 Å². The van der Waals surface area contributed by atoms with Crippen molar-refractivity contribution in [2.75, 3.05) is 13.2 Å². The SMILES string of the molecule is C=CCCCN1Cc2cc(OCCc3nc(/C=C/CC(C)C)oc3C)ccc2C[C@H]1C(=O)O. The fourth-order valence-corrected chi connectivity index (χ4v) is 4.08. The molecule has 0 amide bonds. The maximum atomic E-state index is 11.8. The number of aromatic nitrogens is 1. The third-order valence-corrected chi connectivity index (χ3v) is 5.93. The number of ether oxygens (including phenoxy) is 1. The molecule has 1 aliphatic rings. The second-order valence-electron chi connectivity index (χ2n) is 9.08. The van der Waals surface area contributed by atoms with Crippen LogP contribution in [0.5, 0.6) is 5.75 Å². The van der Waals surface area contributed by atoms with E-state index in [1.807, 2.05) is 42.2 Å². The van der Waals surface area contributed by atoms with Crippen molar-refractivity contribution < 1.29 is 19.1 Å². The van der Waals surface area contributed by atoms with Crippen LogP contribution in [0.15, 0.2) is 41.3 Å². The highest BCUT2D eigenvalue weighted by molar-refractivity contribution is 5.74. The van der Waals surface area contributed by atoms with Crippen LogP contribution in [0.1, 0.15) is 61.6 Å². The minimum absolute atomic E-state index is 0.479. The fraction of sp³-hybridized carbons (Fsp3) is 0.481. The Bertz CT molecular complexity index is 976. The summed E-state index contributed by atoms with van der Waals surface area (Å²) in [5.41, 5.74) is 3.13. The minimum Gasteiger partial charge on any atom is -0.493 e. The molecule has 3 rings (SSSR count). The van der Waals surface area contributed by atoms with Crippen LogP contribution in [0.4, 0.5) is 0 Å². The molecule has 0 radical (unpaired) electrons. The second-order valence-corrected chi connectivity index (χ2v) is 9.08. The van der Waals surface area contributed by atoms with E-state index in [-0.39, 0.29) is 0 Å². The monoisotopic (exact) mass is 452 g/mol. The number of fused-ring (bicyclic) bond motifs is 1. The maximum Gasteiger partial charge on any atom is 0.321 e. The number of hydrogen-bond acceptors (Lipinski definition) is 5. The van der Waals surface area contributed by atoms with E-state index in [4.69, 9.17) is 9.15 Å². The van der Waals surface area contributed by atoms with Crippen molar-refractivity contribution in [3.63, 3.8) is 0 Å². The molecule has 1 aromatic heterocycles. The summed E-state index contributed by atoms with van der Waals surface area (Å²) in [6.45, 7) is 11.9. The summed E-state index contributed by atoms with van der Waals surface area (Å²) in [5, 5.41) is 9.66. The van der Waals surface area contributed by atoms with E-state index in [9.17, 15) is 9.90 Å². The van der Waals surface area contributed by atoms with E-state index in [2.05, 4.69) is 31.5 Å². The fourth-order valence-electron chi connectivity index (χ4n) is 4.08. The number of carboxylic acid groups (broad SMARTS) is 1. The molecule has 0 saturated heterocycles. The molecule has 0 spiro atoms. The van der Waals surface area contributed by atoms with Gasteiger partial charge in [0.05, 0.1) is 12.3 Å². The maximum absolute atomic E-state index is 11.8. The number of rotatable bonds is 12. The van der Waals surface area contributed by atoms with E-state index in [0.717, 1.165) is 54.1 Å². The van der Waals surface area contributed by atoms with Crippen LogP contribution in [-0.4, -0.2) is 40.2 Å². The third kappa shape index (κ3) is 7.06. The molecule has 1 aliphatic heterocycles. The lowest BCUT2D eigenvalue weighted by atomic mass is 9.93. The van der Waals surface area contributed by atoms with Gasteiger partial charge in [0.1, 0.15) is 17.6 Å². The predicted molar refractivity (Wildman–Crippen MR) is 130 cm³/mol. The van der Waals surface area contributed by atoms with Crippen LogP contribution in [0.2, 0.25) is 0 Å². The molecule has 1 N–H and O–H groups in total. The van der Waals surface area contributed by atoms with Gasteiger partial charge in [-0.2, -0.15) is 0 Å². The molecular formula is C27H36N2O4. The van der Waals surface area contributed by atoms with Gasteiger partial charge in [-0.05, 0) is 74.4 Å². The molecule has 6 heteroatoms. The van der Waals surface area contributed by atoms with Gasteiger partial charge in [-0.25, -0.2) is 4.98 Å². The van der Waals surface area contributed by atoms with E-state index in [1.165, 1.54) is 0 Å². The highest BCUT2D eigenvalue weighted by Gasteiger charge is 2.31. The van der Waals surface area contributed by atoms with Gasteiger partial charge in [-0.1, -0.05) is 32.1 Å². The largest absolute Gasteiger partial charge is 0.493 e. The molecule has 0 saturated carbocycles. The predicted octanol–water partition coefficient (Wildman–Crippen LogP) is 5.44. The Labute approximate surface area is 197 Å².